The topological polar surface area (TPSA) is 9.23 Å². The van der Waals surface area contributed by atoms with Crippen LogP contribution in [0.1, 0.15) is 22.9 Å². The van der Waals surface area contributed by atoms with Gasteiger partial charge in [-0.1, -0.05) is 36.4 Å². The number of aryl methyl sites for hydroxylation is 1. The van der Waals surface area contributed by atoms with Gasteiger partial charge < -0.3 is 4.74 Å². The van der Waals surface area contributed by atoms with Gasteiger partial charge in [-0.2, -0.15) is 0 Å². The van der Waals surface area contributed by atoms with E-state index in [4.69, 9.17) is 16.3 Å². The van der Waals surface area contributed by atoms with E-state index in [-0.39, 0.29) is 12.0 Å². The molecule has 0 aliphatic carbocycles. The van der Waals surface area contributed by atoms with Crippen molar-refractivity contribution in [3.8, 4) is 0 Å². The predicted octanol–water partition coefficient (Wildman–Crippen LogP) is 5.10. The fourth-order valence-electron chi connectivity index (χ4n) is 2.32. The second-order valence-corrected chi connectivity index (χ2v) is 5.27. The fourth-order valence-corrected chi connectivity index (χ4v) is 2.70. The maximum absolute atomic E-state index is 12.0. The van der Waals surface area contributed by atoms with Gasteiger partial charge >= 0.3 is 0 Å². The Morgan fingerprint density at radius 3 is 2.65 bits per heavy atom. The molecule has 0 aliphatic rings. The zero-order chi connectivity index (χ0) is 14.5. The molecule has 0 fully saturated rings. The van der Waals surface area contributed by atoms with E-state index in [2.05, 4.69) is 6.07 Å². The Balaban J connectivity index is 2.13. The fraction of sp³-hybridized carbons (Fsp3) is 0.375. The van der Waals surface area contributed by atoms with Crippen LogP contribution in [0.4, 0.5) is 8.78 Å². The molecule has 2 aromatic carbocycles. The third-order valence-electron chi connectivity index (χ3n) is 3.26. The Bertz CT molecular complexity index is 571. The molecule has 1 atom stereocenters. The van der Waals surface area contributed by atoms with Crippen LogP contribution in [0.5, 0.6) is 0 Å². The van der Waals surface area contributed by atoms with Gasteiger partial charge in [0, 0.05) is 6.61 Å². The highest BCUT2D eigenvalue weighted by molar-refractivity contribution is 6.22. The van der Waals surface area contributed by atoms with Gasteiger partial charge in [0.1, 0.15) is 6.61 Å². The minimum absolute atomic E-state index is 0.237. The molecule has 0 N–H and O–H groups in total. The summed E-state index contributed by atoms with van der Waals surface area (Å²) in [6, 6.07) is 12.1. The zero-order valence-electron chi connectivity index (χ0n) is 11.3. The molecule has 0 aromatic heterocycles. The van der Waals surface area contributed by atoms with Crippen molar-refractivity contribution in [2.24, 2.45) is 0 Å². The van der Waals surface area contributed by atoms with Crippen molar-refractivity contribution in [1.82, 2.24) is 0 Å². The summed E-state index contributed by atoms with van der Waals surface area (Å²) in [5.41, 5.74) is 2.17. The van der Waals surface area contributed by atoms with Crippen LogP contribution in [0, 0.1) is 6.92 Å². The van der Waals surface area contributed by atoms with Crippen molar-refractivity contribution in [3.05, 3.63) is 47.5 Å². The quantitative estimate of drug-likeness (QED) is 0.532. The normalized spacial score (nSPS) is 13.1. The highest BCUT2D eigenvalue weighted by Gasteiger charge is 2.14. The molecule has 0 saturated carbocycles. The molecular weight excluding hydrogens is 282 g/mol. The van der Waals surface area contributed by atoms with Gasteiger partial charge in [-0.3, -0.25) is 0 Å². The van der Waals surface area contributed by atoms with Crippen LogP contribution in [0.3, 0.4) is 0 Å². The number of benzene rings is 2. The molecule has 1 nitrogen and oxygen atoms in total. The molecule has 0 bridgehead atoms. The second kappa shape index (κ2) is 7.00. The highest BCUT2D eigenvalue weighted by atomic mass is 35.5. The Hall–Kier alpha value is -1.19. The van der Waals surface area contributed by atoms with E-state index in [0.717, 1.165) is 21.9 Å². The first-order valence-corrected chi connectivity index (χ1v) is 7.01. The molecule has 0 radical (unpaired) electrons. The van der Waals surface area contributed by atoms with E-state index in [1.54, 1.807) is 0 Å². The van der Waals surface area contributed by atoms with Crippen molar-refractivity contribution in [3.63, 3.8) is 0 Å². The van der Waals surface area contributed by atoms with Crippen LogP contribution in [0.15, 0.2) is 36.4 Å². The second-order valence-electron chi connectivity index (χ2n) is 4.74. The van der Waals surface area contributed by atoms with Crippen LogP contribution in [0.25, 0.3) is 10.8 Å². The minimum atomic E-state index is -2.43. The summed E-state index contributed by atoms with van der Waals surface area (Å²) < 4.78 is 28.9. The number of hydrogen-bond acceptors (Lipinski definition) is 1. The van der Waals surface area contributed by atoms with Gasteiger partial charge in [-0.05, 0) is 35.2 Å². The molecule has 4 heteroatoms. The number of alkyl halides is 3. The van der Waals surface area contributed by atoms with Crippen molar-refractivity contribution in [2.75, 3.05) is 13.2 Å². The summed E-state index contributed by atoms with van der Waals surface area (Å²) in [6.45, 7) is 1.72. The van der Waals surface area contributed by atoms with Gasteiger partial charge in [-0.25, -0.2) is 8.78 Å². The number of rotatable bonds is 6. The SMILES string of the molecule is Cc1ccc2ccccc2c1C(Cl)CCOCC(F)F. The number of ether oxygens (including phenoxy) is 1. The van der Waals surface area contributed by atoms with Gasteiger partial charge in [0.25, 0.3) is 6.43 Å². The van der Waals surface area contributed by atoms with Crippen molar-refractivity contribution in [1.29, 1.82) is 0 Å². The molecule has 108 valence electrons. The van der Waals surface area contributed by atoms with Crippen molar-refractivity contribution < 1.29 is 13.5 Å². The number of halogens is 3. The predicted molar refractivity (Wildman–Crippen MR) is 78.7 cm³/mol. The van der Waals surface area contributed by atoms with Gasteiger partial charge in [0.2, 0.25) is 0 Å². The van der Waals surface area contributed by atoms with Crippen molar-refractivity contribution >= 4 is 22.4 Å². The minimum Gasteiger partial charge on any atom is -0.375 e. The summed E-state index contributed by atoms with van der Waals surface area (Å²) in [5.74, 6) is 0. The first-order valence-electron chi connectivity index (χ1n) is 6.58. The van der Waals surface area contributed by atoms with E-state index in [0.29, 0.717) is 6.42 Å². The Morgan fingerprint density at radius 2 is 1.90 bits per heavy atom. The third-order valence-corrected chi connectivity index (χ3v) is 3.70. The lowest BCUT2D eigenvalue weighted by atomic mass is 9.96. The average molecular weight is 299 g/mol. The molecule has 0 saturated heterocycles. The van der Waals surface area contributed by atoms with E-state index >= 15 is 0 Å². The molecule has 0 heterocycles. The molecule has 0 amide bonds. The number of fused-ring (bicyclic) bond motifs is 1. The van der Waals surface area contributed by atoms with E-state index < -0.39 is 13.0 Å². The summed E-state index contributed by atoms with van der Waals surface area (Å²) in [5, 5.41) is 2.01. The zero-order valence-corrected chi connectivity index (χ0v) is 12.0. The average Bonchev–Trinajstić information content (AvgIpc) is 2.43. The van der Waals surface area contributed by atoms with Crippen LogP contribution >= 0.6 is 11.6 Å². The third kappa shape index (κ3) is 3.68. The van der Waals surface area contributed by atoms with Crippen LogP contribution < -0.4 is 0 Å². The molecule has 2 aromatic rings. The monoisotopic (exact) mass is 298 g/mol. The van der Waals surface area contributed by atoms with Gasteiger partial charge in [0.05, 0.1) is 5.38 Å². The van der Waals surface area contributed by atoms with E-state index in [1.807, 2.05) is 37.3 Å². The summed E-state index contributed by atoms with van der Waals surface area (Å²) in [4.78, 5) is 0. The molecule has 2 rings (SSSR count). The lowest BCUT2D eigenvalue weighted by Crippen LogP contribution is -2.07. The van der Waals surface area contributed by atoms with Crippen molar-refractivity contribution in [2.45, 2.75) is 25.1 Å². The lowest BCUT2D eigenvalue weighted by molar-refractivity contribution is 0.0165. The first-order chi connectivity index (χ1) is 9.59. The maximum atomic E-state index is 12.0. The standard InChI is InChI=1S/C16H17ClF2O/c1-11-6-7-12-4-2-3-5-13(12)16(11)14(17)8-9-20-10-15(18)19/h2-7,14-15H,8-10H2,1H3. The maximum Gasteiger partial charge on any atom is 0.261 e. The summed E-state index contributed by atoms with van der Waals surface area (Å²) in [6.07, 6.45) is -1.91. The molecule has 0 spiro atoms. The first kappa shape index (κ1) is 15.2. The molecular formula is C16H17ClF2O. The Labute approximate surface area is 122 Å². The van der Waals surface area contributed by atoms with Crippen LogP contribution in [-0.2, 0) is 4.74 Å². The Kier molecular flexibility index (Phi) is 5.32. The smallest absolute Gasteiger partial charge is 0.261 e. The Morgan fingerprint density at radius 1 is 1.15 bits per heavy atom. The summed E-state index contributed by atoms with van der Waals surface area (Å²) in [7, 11) is 0. The highest BCUT2D eigenvalue weighted by Crippen LogP contribution is 2.33. The molecule has 0 aliphatic heterocycles. The van der Waals surface area contributed by atoms with Crippen LogP contribution in [0.2, 0.25) is 0 Å². The van der Waals surface area contributed by atoms with E-state index in [9.17, 15) is 8.78 Å². The van der Waals surface area contributed by atoms with Crippen LogP contribution in [-0.4, -0.2) is 19.6 Å². The van der Waals surface area contributed by atoms with E-state index in [1.165, 1.54) is 0 Å². The lowest BCUT2D eigenvalue weighted by Gasteiger charge is -2.16. The molecule has 1 unspecified atom stereocenters. The summed E-state index contributed by atoms with van der Waals surface area (Å²) >= 11 is 6.44. The van der Waals surface area contributed by atoms with Gasteiger partial charge in [0.15, 0.2) is 0 Å². The molecule has 20 heavy (non-hydrogen) atoms. The number of hydrogen-bond donors (Lipinski definition) is 0. The largest absolute Gasteiger partial charge is 0.375 e. The van der Waals surface area contributed by atoms with Gasteiger partial charge in [-0.15, -0.1) is 11.6 Å².